The van der Waals surface area contributed by atoms with Gasteiger partial charge in [-0.2, -0.15) is 0 Å². The minimum absolute atomic E-state index is 0.0889. The summed E-state index contributed by atoms with van der Waals surface area (Å²) in [5.74, 6) is -0.924. The third-order valence-corrected chi connectivity index (χ3v) is 12.6. The largest absolute Gasteiger partial charge is 0.462 e. The van der Waals surface area contributed by atoms with Crippen LogP contribution < -0.4 is 0 Å². The van der Waals surface area contributed by atoms with Crippen molar-refractivity contribution in [1.82, 2.24) is 0 Å². The Morgan fingerprint density at radius 1 is 0.313 bits per heavy atom. The van der Waals surface area contributed by atoms with E-state index in [9.17, 15) is 14.4 Å². The fourth-order valence-electron chi connectivity index (χ4n) is 8.27. The number of allylic oxidation sites excluding steroid dienone is 10. The molecule has 0 aliphatic heterocycles. The Labute approximate surface area is 415 Å². The van der Waals surface area contributed by atoms with Crippen LogP contribution in [0.5, 0.6) is 0 Å². The second-order valence-corrected chi connectivity index (χ2v) is 19.3. The van der Waals surface area contributed by atoms with Crippen molar-refractivity contribution in [2.75, 3.05) is 13.2 Å². The number of rotatable bonds is 52. The molecule has 0 fully saturated rings. The summed E-state index contributed by atoms with van der Waals surface area (Å²) < 4.78 is 16.8. The van der Waals surface area contributed by atoms with Gasteiger partial charge in [-0.3, -0.25) is 14.4 Å². The summed E-state index contributed by atoms with van der Waals surface area (Å²) in [5.41, 5.74) is 0. The molecule has 0 aromatic carbocycles. The van der Waals surface area contributed by atoms with Crippen LogP contribution in [0.15, 0.2) is 60.8 Å². The van der Waals surface area contributed by atoms with E-state index in [2.05, 4.69) is 51.2 Å². The van der Waals surface area contributed by atoms with E-state index in [0.717, 1.165) is 77.0 Å². The third kappa shape index (κ3) is 53.9. The Kier molecular flexibility index (Phi) is 53.3. The van der Waals surface area contributed by atoms with Crippen LogP contribution in [-0.2, 0) is 28.6 Å². The van der Waals surface area contributed by atoms with Gasteiger partial charge in [0.2, 0.25) is 0 Å². The van der Waals surface area contributed by atoms with Crippen molar-refractivity contribution >= 4 is 17.9 Å². The Balaban J connectivity index is 4.38. The summed E-state index contributed by atoms with van der Waals surface area (Å²) in [7, 11) is 0. The Morgan fingerprint density at radius 2 is 0.597 bits per heavy atom. The molecule has 0 heterocycles. The molecule has 0 rings (SSSR count). The lowest BCUT2D eigenvalue weighted by atomic mass is 10.0. The van der Waals surface area contributed by atoms with Crippen molar-refractivity contribution in [1.29, 1.82) is 0 Å². The summed E-state index contributed by atoms with van der Waals surface area (Å²) in [4.78, 5) is 38.1. The van der Waals surface area contributed by atoms with Gasteiger partial charge in [-0.15, -0.1) is 0 Å². The fourth-order valence-corrected chi connectivity index (χ4v) is 8.27. The zero-order valence-corrected chi connectivity index (χ0v) is 44.4. The Hall–Kier alpha value is -2.89. The van der Waals surface area contributed by atoms with Gasteiger partial charge in [0.05, 0.1) is 0 Å². The highest BCUT2D eigenvalue weighted by atomic mass is 16.6. The van der Waals surface area contributed by atoms with Crippen molar-refractivity contribution in [3.05, 3.63) is 60.8 Å². The van der Waals surface area contributed by atoms with Gasteiger partial charge >= 0.3 is 17.9 Å². The summed E-state index contributed by atoms with van der Waals surface area (Å²) in [5, 5.41) is 0. The predicted octanol–water partition coefficient (Wildman–Crippen LogP) is 19.2. The molecule has 0 N–H and O–H groups in total. The van der Waals surface area contributed by atoms with Gasteiger partial charge in [0.15, 0.2) is 6.10 Å². The van der Waals surface area contributed by atoms with Crippen LogP contribution in [0.1, 0.15) is 290 Å². The van der Waals surface area contributed by atoms with E-state index in [1.165, 1.54) is 173 Å². The molecule has 0 saturated carbocycles. The molecular formula is C61H108O6. The molecule has 1 unspecified atom stereocenters. The highest BCUT2D eigenvalue weighted by molar-refractivity contribution is 5.71. The SMILES string of the molecule is CC/C=C/C=C/C=C/C=C/CCCCCC(=O)OCC(COC(=O)CCCCCCC/C=C/CCCCCCCCCCC)OC(=O)CCCCCCCCCCCCCCCCCCCC. The van der Waals surface area contributed by atoms with Crippen molar-refractivity contribution < 1.29 is 28.6 Å². The Morgan fingerprint density at radius 3 is 0.970 bits per heavy atom. The standard InChI is InChI=1S/C61H108O6/c1-4-7-10-13-16-19-22-25-27-29-31-33-36-39-42-45-48-51-54-60(63)66-57-58(56-65-59(62)53-50-47-44-41-38-35-24-21-18-15-12-9-6-3)67-61(64)55-52-49-46-43-40-37-34-32-30-28-26-23-20-17-14-11-8-5-2/h9,12,15,18,21,24,31,33,35,38,58H,4-8,10-11,13-14,16-17,19-20,22-23,25-30,32,34,36-37,39-57H2,1-3H3/b12-9+,18-15+,24-21+,33-31+,38-35+. The minimum Gasteiger partial charge on any atom is -0.462 e. The molecule has 0 aliphatic rings. The molecule has 0 spiro atoms. The molecule has 0 radical (unpaired) electrons. The zero-order chi connectivity index (χ0) is 48.6. The number of unbranched alkanes of at least 4 members (excludes halogenated alkanes) is 34. The highest BCUT2D eigenvalue weighted by Gasteiger charge is 2.19. The van der Waals surface area contributed by atoms with Crippen LogP contribution in [0.25, 0.3) is 0 Å². The molecule has 0 saturated heterocycles. The van der Waals surface area contributed by atoms with Crippen LogP contribution >= 0.6 is 0 Å². The lowest BCUT2D eigenvalue weighted by Crippen LogP contribution is -2.30. The van der Waals surface area contributed by atoms with E-state index in [1.54, 1.807) is 0 Å². The topological polar surface area (TPSA) is 78.9 Å². The quantitative estimate of drug-likeness (QED) is 0.0199. The summed E-state index contributed by atoms with van der Waals surface area (Å²) >= 11 is 0. The molecule has 0 aliphatic carbocycles. The van der Waals surface area contributed by atoms with Crippen LogP contribution in [-0.4, -0.2) is 37.2 Å². The van der Waals surface area contributed by atoms with Gasteiger partial charge in [-0.1, -0.05) is 268 Å². The number of esters is 3. The molecule has 67 heavy (non-hydrogen) atoms. The number of carbonyl (C=O) groups excluding carboxylic acids is 3. The van der Waals surface area contributed by atoms with E-state index in [-0.39, 0.29) is 31.1 Å². The predicted molar refractivity (Wildman–Crippen MR) is 288 cm³/mol. The van der Waals surface area contributed by atoms with Crippen molar-refractivity contribution in [3.8, 4) is 0 Å². The van der Waals surface area contributed by atoms with Gasteiger partial charge in [-0.25, -0.2) is 0 Å². The van der Waals surface area contributed by atoms with Gasteiger partial charge in [-0.05, 0) is 64.2 Å². The Bertz CT molecular complexity index is 1210. The third-order valence-electron chi connectivity index (χ3n) is 12.6. The lowest BCUT2D eigenvalue weighted by Gasteiger charge is -2.18. The normalized spacial score (nSPS) is 12.5. The summed E-state index contributed by atoms with van der Waals surface area (Å²) in [6.45, 7) is 6.49. The van der Waals surface area contributed by atoms with E-state index in [4.69, 9.17) is 14.2 Å². The summed E-state index contributed by atoms with van der Waals surface area (Å²) in [6, 6.07) is 0. The zero-order valence-electron chi connectivity index (χ0n) is 44.4. The molecule has 6 heteroatoms. The number of hydrogen-bond acceptors (Lipinski definition) is 6. The number of ether oxygens (including phenoxy) is 3. The van der Waals surface area contributed by atoms with E-state index in [0.29, 0.717) is 19.3 Å². The van der Waals surface area contributed by atoms with Crippen LogP contribution in [0.4, 0.5) is 0 Å². The van der Waals surface area contributed by atoms with Crippen LogP contribution in [0.3, 0.4) is 0 Å². The first-order chi connectivity index (χ1) is 33.0. The van der Waals surface area contributed by atoms with Gasteiger partial charge in [0.1, 0.15) is 13.2 Å². The lowest BCUT2D eigenvalue weighted by molar-refractivity contribution is -0.167. The van der Waals surface area contributed by atoms with E-state index in [1.807, 2.05) is 30.4 Å². The maximum atomic E-state index is 12.9. The first-order valence-electron chi connectivity index (χ1n) is 28.8. The van der Waals surface area contributed by atoms with Crippen molar-refractivity contribution in [3.63, 3.8) is 0 Å². The molecule has 0 aromatic rings. The van der Waals surface area contributed by atoms with Crippen molar-refractivity contribution in [2.24, 2.45) is 0 Å². The maximum Gasteiger partial charge on any atom is 0.306 e. The van der Waals surface area contributed by atoms with Crippen LogP contribution in [0, 0.1) is 0 Å². The van der Waals surface area contributed by atoms with Gasteiger partial charge in [0.25, 0.3) is 0 Å². The second-order valence-electron chi connectivity index (χ2n) is 19.3. The molecule has 0 amide bonds. The highest BCUT2D eigenvalue weighted by Crippen LogP contribution is 2.16. The molecule has 0 bridgehead atoms. The molecule has 388 valence electrons. The minimum atomic E-state index is -0.792. The van der Waals surface area contributed by atoms with E-state index < -0.39 is 6.10 Å². The average Bonchev–Trinajstić information content (AvgIpc) is 3.33. The van der Waals surface area contributed by atoms with Gasteiger partial charge in [0, 0.05) is 19.3 Å². The smallest absolute Gasteiger partial charge is 0.306 e. The molecule has 6 nitrogen and oxygen atoms in total. The first-order valence-corrected chi connectivity index (χ1v) is 28.8. The van der Waals surface area contributed by atoms with Crippen LogP contribution in [0.2, 0.25) is 0 Å². The molecule has 1 atom stereocenters. The fraction of sp³-hybridized carbons (Fsp3) is 0.787. The molecular weight excluding hydrogens is 829 g/mol. The maximum absolute atomic E-state index is 12.9. The molecule has 0 aromatic heterocycles. The first kappa shape index (κ1) is 64.1. The van der Waals surface area contributed by atoms with Gasteiger partial charge < -0.3 is 14.2 Å². The number of carbonyl (C=O) groups is 3. The second kappa shape index (κ2) is 55.7. The number of hydrogen-bond donors (Lipinski definition) is 0. The average molecular weight is 938 g/mol. The summed E-state index contributed by atoms with van der Waals surface area (Å²) in [6.07, 6.45) is 69.3. The van der Waals surface area contributed by atoms with Crippen molar-refractivity contribution in [2.45, 2.75) is 297 Å². The van der Waals surface area contributed by atoms with E-state index >= 15 is 0 Å². The monoisotopic (exact) mass is 937 g/mol.